The number of ether oxygens (including phenoxy) is 2. The average Bonchev–Trinajstić information content (AvgIpc) is 2.91. The molecule has 36 heavy (non-hydrogen) atoms. The van der Waals surface area contributed by atoms with Gasteiger partial charge in [-0.25, -0.2) is 0 Å². The number of piperidine rings is 1. The molecule has 0 aliphatic carbocycles. The predicted octanol–water partition coefficient (Wildman–Crippen LogP) is 5.62. The highest BCUT2D eigenvalue weighted by atomic mass is 16.5. The zero-order chi connectivity index (χ0) is 25.3. The van der Waals surface area contributed by atoms with Crippen LogP contribution in [0.25, 0.3) is 10.9 Å². The number of carboxylic acid groups (broad SMARTS) is 1. The minimum Gasteiger partial charge on any atom is -0.497 e. The number of unbranched alkanes of at least 4 members (excludes halogenated alkanes) is 1. The van der Waals surface area contributed by atoms with Gasteiger partial charge in [0.15, 0.2) is 0 Å². The first-order chi connectivity index (χ1) is 17.6. The van der Waals surface area contributed by atoms with Crippen molar-refractivity contribution in [3.8, 4) is 11.5 Å². The molecule has 1 fully saturated rings. The van der Waals surface area contributed by atoms with E-state index in [9.17, 15) is 9.90 Å². The van der Waals surface area contributed by atoms with E-state index in [2.05, 4.69) is 22.0 Å². The molecule has 3 aromatic rings. The zero-order valence-electron chi connectivity index (χ0n) is 21.5. The highest BCUT2D eigenvalue weighted by Crippen LogP contribution is 2.30. The van der Waals surface area contributed by atoms with Gasteiger partial charge in [-0.2, -0.15) is 0 Å². The predicted molar refractivity (Wildman–Crippen MR) is 143 cm³/mol. The quantitative estimate of drug-likeness (QED) is 0.332. The Labute approximate surface area is 214 Å². The third-order valence-corrected chi connectivity index (χ3v) is 7.58. The summed E-state index contributed by atoms with van der Waals surface area (Å²) in [6.07, 6.45) is 8.76. The van der Waals surface area contributed by atoms with Crippen molar-refractivity contribution in [3.63, 3.8) is 0 Å². The normalized spacial score (nSPS) is 18.3. The van der Waals surface area contributed by atoms with Crippen LogP contribution in [0.5, 0.6) is 11.5 Å². The van der Waals surface area contributed by atoms with E-state index < -0.39 is 5.97 Å². The maximum absolute atomic E-state index is 12.1. The molecule has 0 bridgehead atoms. The lowest BCUT2D eigenvalue weighted by Gasteiger charge is -2.36. The summed E-state index contributed by atoms with van der Waals surface area (Å²) in [6, 6.07) is 16.2. The van der Waals surface area contributed by atoms with Crippen molar-refractivity contribution >= 4 is 16.9 Å². The highest BCUT2D eigenvalue weighted by Gasteiger charge is 2.33. The Bertz CT molecular complexity index is 1150. The molecule has 1 aliphatic heterocycles. The monoisotopic (exact) mass is 490 g/mol. The van der Waals surface area contributed by atoms with E-state index in [1.54, 1.807) is 14.2 Å². The Kier molecular flexibility index (Phi) is 9.17. The van der Waals surface area contributed by atoms with E-state index in [1.165, 1.54) is 11.1 Å². The lowest BCUT2D eigenvalue weighted by Crippen LogP contribution is -2.44. The van der Waals surface area contributed by atoms with Crippen LogP contribution < -0.4 is 9.47 Å². The summed E-state index contributed by atoms with van der Waals surface area (Å²) in [5, 5.41) is 11.1. The summed E-state index contributed by atoms with van der Waals surface area (Å²) in [7, 11) is 3.39. The van der Waals surface area contributed by atoms with Crippen molar-refractivity contribution < 1.29 is 19.4 Å². The second kappa shape index (κ2) is 12.7. The molecule has 1 aliphatic rings. The van der Waals surface area contributed by atoms with Crippen molar-refractivity contribution in [2.24, 2.45) is 11.8 Å². The topological polar surface area (TPSA) is 71.9 Å². The number of likely N-dealkylation sites (tertiary alicyclic amines) is 1. The number of aliphatic carboxylic acids is 1. The van der Waals surface area contributed by atoms with Crippen LogP contribution in [0.4, 0.5) is 0 Å². The molecule has 2 aromatic carbocycles. The summed E-state index contributed by atoms with van der Waals surface area (Å²) in [4.78, 5) is 18.9. The summed E-state index contributed by atoms with van der Waals surface area (Å²) in [5.74, 6) is 1.07. The van der Waals surface area contributed by atoms with Crippen LogP contribution in [-0.2, 0) is 17.6 Å². The van der Waals surface area contributed by atoms with Crippen LogP contribution >= 0.6 is 0 Å². The minimum absolute atomic E-state index is 0.231. The number of hydrogen-bond acceptors (Lipinski definition) is 5. The summed E-state index contributed by atoms with van der Waals surface area (Å²) in [5.41, 5.74) is 3.46. The van der Waals surface area contributed by atoms with E-state index in [0.29, 0.717) is 6.54 Å². The van der Waals surface area contributed by atoms with Gasteiger partial charge in [0.1, 0.15) is 11.5 Å². The molecule has 0 saturated carbocycles. The molecule has 1 aromatic heterocycles. The molecule has 4 rings (SSSR count). The van der Waals surface area contributed by atoms with Gasteiger partial charge in [0.25, 0.3) is 0 Å². The molecular weight excluding hydrogens is 452 g/mol. The fourth-order valence-electron chi connectivity index (χ4n) is 5.54. The molecule has 1 N–H and O–H groups in total. The summed E-state index contributed by atoms with van der Waals surface area (Å²) < 4.78 is 10.8. The molecule has 0 spiro atoms. The van der Waals surface area contributed by atoms with Gasteiger partial charge < -0.3 is 19.5 Å². The van der Waals surface area contributed by atoms with Gasteiger partial charge in [0.2, 0.25) is 0 Å². The Morgan fingerprint density at radius 3 is 2.67 bits per heavy atom. The van der Waals surface area contributed by atoms with Crippen LogP contribution in [0.1, 0.15) is 43.2 Å². The third-order valence-electron chi connectivity index (χ3n) is 7.58. The van der Waals surface area contributed by atoms with Gasteiger partial charge in [-0.3, -0.25) is 9.78 Å². The molecule has 0 unspecified atom stereocenters. The van der Waals surface area contributed by atoms with Crippen LogP contribution in [-0.4, -0.2) is 54.8 Å². The van der Waals surface area contributed by atoms with Gasteiger partial charge in [-0.15, -0.1) is 0 Å². The molecule has 1 saturated heterocycles. The second-order valence-electron chi connectivity index (χ2n) is 9.81. The van der Waals surface area contributed by atoms with Gasteiger partial charge in [0.05, 0.1) is 25.7 Å². The maximum atomic E-state index is 12.1. The second-order valence-corrected chi connectivity index (χ2v) is 9.81. The molecule has 0 radical (unpaired) electrons. The number of rotatable bonds is 12. The van der Waals surface area contributed by atoms with E-state index in [0.717, 1.165) is 80.4 Å². The standard InChI is InChI=1S/C30H38N2O4/c1-35-25-13-14-28-26(20-25)22(15-17-31-28)10-7-11-23-16-19-32(21-27(23)30(33)34)18-6-5-9-24-8-3-4-12-29(24)36-2/h3-4,8,12-15,17,20,23,27H,5-7,9-11,16,18-19,21H2,1-2H3,(H,33,34)/t23-,27+/m1/s1. The van der Waals surface area contributed by atoms with Crippen molar-refractivity contribution in [2.75, 3.05) is 33.9 Å². The lowest BCUT2D eigenvalue weighted by molar-refractivity contribution is -0.146. The number of carboxylic acids is 1. The number of fused-ring (bicyclic) bond motifs is 1. The summed E-state index contributed by atoms with van der Waals surface area (Å²) in [6.45, 7) is 2.60. The Morgan fingerprint density at radius 2 is 1.86 bits per heavy atom. The highest BCUT2D eigenvalue weighted by molar-refractivity contribution is 5.83. The lowest BCUT2D eigenvalue weighted by atomic mass is 9.81. The Hall–Kier alpha value is -3.12. The van der Waals surface area contributed by atoms with Gasteiger partial charge >= 0.3 is 5.97 Å². The number of aryl methyl sites for hydroxylation is 2. The fraction of sp³-hybridized carbons (Fsp3) is 0.467. The minimum atomic E-state index is -0.655. The Balaban J connectivity index is 1.26. The number of benzene rings is 2. The smallest absolute Gasteiger partial charge is 0.308 e. The first-order valence-electron chi connectivity index (χ1n) is 13.1. The summed E-state index contributed by atoms with van der Waals surface area (Å²) >= 11 is 0. The van der Waals surface area contributed by atoms with E-state index in [1.807, 2.05) is 42.6 Å². The first-order valence-corrected chi connectivity index (χ1v) is 13.1. The maximum Gasteiger partial charge on any atom is 0.308 e. The van der Waals surface area contributed by atoms with E-state index in [-0.39, 0.29) is 11.8 Å². The molecule has 6 nitrogen and oxygen atoms in total. The molecule has 2 heterocycles. The first kappa shape index (κ1) is 26.0. The molecular formula is C30H38N2O4. The SMILES string of the molecule is COc1ccc2nccc(CCC[C@@H]3CCN(CCCCc4ccccc4OC)C[C@@H]3C(=O)O)c2c1. The van der Waals surface area contributed by atoms with Crippen molar-refractivity contribution in [1.82, 2.24) is 9.88 Å². The van der Waals surface area contributed by atoms with E-state index >= 15 is 0 Å². The van der Waals surface area contributed by atoms with Crippen molar-refractivity contribution in [1.29, 1.82) is 0 Å². The molecule has 192 valence electrons. The number of nitrogens with zero attached hydrogens (tertiary/aromatic N) is 2. The molecule has 6 heteroatoms. The van der Waals surface area contributed by atoms with Gasteiger partial charge in [0, 0.05) is 18.1 Å². The Morgan fingerprint density at radius 1 is 1.03 bits per heavy atom. The number of carbonyl (C=O) groups is 1. The number of hydrogen-bond donors (Lipinski definition) is 1. The van der Waals surface area contributed by atoms with Gasteiger partial charge in [-0.1, -0.05) is 18.2 Å². The van der Waals surface area contributed by atoms with Crippen molar-refractivity contribution in [2.45, 2.75) is 44.9 Å². The largest absolute Gasteiger partial charge is 0.497 e. The third kappa shape index (κ3) is 6.55. The fourth-order valence-corrected chi connectivity index (χ4v) is 5.54. The number of methoxy groups -OCH3 is 2. The van der Waals surface area contributed by atoms with Crippen LogP contribution in [0.2, 0.25) is 0 Å². The average molecular weight is 491 g/mol. The number of aromatic nitrogens is 1. The molecule has 2 atom stereocenters. The van der Waals surface area contributed by atoms with Crippen molar-refractivity contribution in [3.05, 3.63) is 65.9 Å². The van der Waals surface area contributed by atoms with Crippen LogP contribution in [0, 0.1) is 11.8 Å². The van der Waals surface area contributed by atoms with Crippen LogP contribution in [0.3, 0.4) is 0 Å². The number of para-hydroxylation sites is 1. The van der Waals surface area contributed by atoms with Crippen LogP contribution in [0.15, 0.2) is 54.7 Å². The zero-order valence-corrected chi connectivity index (χ0v) is 21.5. The van der Waals surface area contributed by atoms with E-state index in [4.69, 9.17) is 9.47 Å². The molecule has 0 amide bonds. The van der Waals surface area contributed by atoms with Gasteiger partial charge in [-0.05, 0) is 105 Å². The number of pyridine rings is 1.